The van der Waals surface area contributed by atoms with Crippen LogP contribution >= 0.6 is 11.8 Å². The smallest absolute Gasteiger partial charge is 0.409 e. The van der Waals surface area contributed by atoms with Crippen LogP contribution in [0.3, 0.4) is 0 Å². The van der Waals surface area contributed by atoms with Gasteiger partial charge in [0.25, 0.3) is 0 Å². The molecule has 4 heteroatoms. The summed E-state index contributed by atoms with van der Waals surface area (Å²) in [5, 5.41) is 0. The minimum Gasteiger partial charge on any atom is -0.453 e. The van der Waals surface area contributed by atoms with Crippen molar-refractivity contribution in [2.24, 2.45) is 0 Å². The van der Waals surface area contributed by atoms with E-state index in [4.69, 9.17) is 0 Å². The second kappa shape index (κ2) is 5.66. The number of rotatable bonds is 3. The van der Waals surface area contributed by atoms with E-state index in [-0.39, 0.29) is 6.09 Å². The third kappa shape index (κ3) is 3.47. The van der Waals surface area contributed by atoms with E-state index in [9.17, 15) is 4.79 Å². The summed E-state index contributed by atoms with van der Waals surface area (Å²) >= 11 is 1.70. The molecule has 15 heavy (non-hydrogen) atoms. The lowest BCUT2D eigenvalue weighted by Gasteiger charge is -2.15. The Morgan fingerprint density at radius 2 is 2.00 bits per heavy atom. The summed E-state index contributed by atoms with van der Waals surface area (Å²) in [6.07, 6.45) is 1.72. The first-order valence-corrected chi connectivity index (χ1v) is 5.82. The van der Waals surface area contributed by atoms with E-state index in [1.54, 1.807) is 18.8 Å². The molecule has 0 unspecified atom stereocenters. The molecule has 0 N–H and O–H groups in total. The van der Waals surface area contributed by atoms with E-state index in [2.05, 4.69) is 4.74 Å². The summed E-state index contributed by atoms with van der Waals surface area (Å²) < 4.78 is 4.61. The number of thioether (sulfide) groups is 1. The number of ether oxygens (including phenoxy) is 1. The Morgan fingerprint density at radius 3 is 2.47 bits per heavy atom. The molecule has 1 aromatic carbocycles. The van der Waals surface area contributed by atoms with Crippen LogP contribution < -0.4 is 0 Å². The molecule has 0 aliphatic carbocycles. The number of methoxy groups -OCH3 is 1. The van der Waals surface area contributed by atoms with Crippen molar-refractivity contribution in [1.82, 2.24) is 4.90 Å². The van der Waals surface area contributed by atoms with Crippen LogP contribution in [-0.2, 0) is 11.3 Å². The number of hydrogen-bond acceptors (Lipinski definition) is 3. The van der Waals surface area contributed by atoms with Gasteiger partial charge in [0, 0.05) is 18.5 Å². The first-order valence-electron chi connectivity index (χ1n) is 4.59. The predicted octanol–water partition coefficient (Wildman–Crippen LogP) is 2.61. The molecule has 0 aromatic heterocycles. The molecule has 0 spiro atoms. The standard InChI is InChI=1S/C11H15NO2S/c1-12(11(13)14-2)8-9-4-6-10(15-3)7-5-9/h4-7H,8H2,1-3H3. The maximum absolute atomic E-state index is 11.1. The lowest BCUT2D eigenvalue weighted by Crippen LogP contribution is -2.25. The van der Waals surface area contributed by atoms with E-state index < -0.39 is 0 Å². The monoisotopic (exact) mass is 225 g/mol. The Balaban J connectivity index is 2.60. The summed E-state index contributed by atoms with van der Waals surface area (Å²) in [4.78, 5) is 13.9. The number of nitrogens with zero attached hydrogens (tertiary/aromatic N) is 1. The van der Waals surface area contributed by atoms with Gasteiger partial charge in [0.15, 0.2) is 0 Å². The maximum atomic E-state index is 11.1. The fourth-order valence-corrected chi connectivity index (χ4v) is 1.63. The van der Waals surface area contributed by atoms with Gasteiger partial charge in [0.05, 0.1) is 7.11 Å². The van der Waals surface area contributed by atoms with Crippen LogP contribution in [0.2, 0.25) is 0 Å². The zero-order chi connectivity index (χ0) is 11.3. The lowest BCUT2D eigenvalue weighted by molar-refractivity contribution is 0.131. The first kappa shape index (κ1) is 11.9. The fourth-order valence-electron chi connectivity index (χ4n) is 1.23. The van der Waals surface area contributed by atoms with Gasteiger partial charge in [-0.25, -0.2) is 4.79 Å². The van der Waals surface area contributed by atoms with Crippen LogP contribution in [0.15, 0.2) is 29.2 Å². The Hall–Kier alpha value is -1.16. The molecule has 0 saturated heterocycles. The van der Waals surface area contributed by atoms with Gasteiger partial charge >= 0.3 is 6.09 Å². The number of hydrogen-bond donors (Lipinski definition) is 0. The van der Waals surface area contributed by atoms with Gasteiger partial charge in [0.1, 0.15) is 0 Å². The quantitative estimate of drug-likeness (QED) is 0.741. The van der Waals surface area contributed by atoms with Crippen LogP contribution in [-0.4, -0.2) is 31.4 Å². The number of carbonyl (C=O) groups is 1. The van der Waals surface area contributed by atoms with Crippen LogP contribution in [0.4, 0.5) is 4.79 Å². The molecule has 1 aromatic rings. The summed E-state index contributed by atoms with van der Waals surface area (Å²) in [6.45, 7) is 0.571. The summed E-state index contributed by atoms with van der Waals surface area (Å²) in [6, 6.07) is 8.13. The second-order valence-corrected chi connectivity index (χ2v) is 4.05. The van der Waals surface area contributed by atoms with E-state index in [0.717, 1.165) is 5.56 Å². The highest BCUT2D eigenvalue weighted by atomic mass is 32.2. The molecule has 0 atom stereocenters. The molecular weight excluding hydrogens is 210 g/mol. The zero-order valence-corrected chi connectivity index (χ0v) is 10.0. The molecule has 3 nitrogen and oxygen atoms in total. The predicted molar refractivity (Wildman–Crippen MR) is 62.1 cm³/mol. The molecule has 1 rings (SSSR count). The Labute approximate surface area is 94.4 Å². The van der Waals surface area contributed by atoms with Gasteiger partial charge in [-0.2, -0.15) is 0 Å². The van der Waals surface area contributed by atoms with Gasteiger partial charge in [-0.1, -0.05) is 12.1 Å². The van der Waals surface area contributed by atoms with E-state index in [1.807, 2.05) is 30.5 Å². The molecular formula is C11H15NO2S. The van der Waals surface area contributed by atoms with Gasteiger partial charge in [0.2, 0.25) is 0 Å². The maximum Gasteiger partial charge on any atom is 0.409 e. The van der Waals surface area contributed by atoms with Gasteiger partial charge in [-0.3, -0.25) is 0 Å². The highest BCUT2D eigenvalue weighted by molar-refractivity contribution is 7.98. The summed E-state index contributed by atoms with van der Waals surface area (Å²) in [5.74, 6) is 0. The molecule has 0 bridgehead atoms. The minimum absolute atomic E-state index is 0.316. The SMILES string of the molecule is COC(=O)N(C)Cc1ccc(SC)cc1. The van der Waals surface area contributed by atoms with Crippen molar-refractivity contribution in [3.8, 4) is 0 Å². The van der Waals surface area contributed by atoms with Gasteiger partial charge in [-0.15, -0.1) is 11.8 Å². The van der Waals surface area contributed by atoms with Crippen molar-refractivity contribution < 1.29 is 9.53 Å². The largest absolute Gasteiger partial charge is 0.453 e. The van der Waals surface area contributed by atoms with E-state index in [1.165, 1.54) is 16.9 Å². The summed E-state index contributed by atoms with van der Waals surface area (Å²) in [5.41, 5.74) is 1.10. The Bertz CT molecular complexity index is 324. The molecule has 0 fully saturated rings. The van der Waals surface area contributed by atoms with Crippen molar-refractivity contribution in [1.29, 1.82) is 0 Å². The highest BCUT2D eigenvalue weighted by Crippen LogP contribution is 2.15. The molecule has 0 radical (unpaired) electrons. The van der Waals surface area contributed by atoms with Crippen molar-refractivity contribution in [3.63, 3.8) is 0 Å². The molecule has 0 aliphatic heterocycles. The minimum atomic E-state index is -0.316. The van der Waals surface area contributed by atoms with Crippen molar-refractivity contribution in [2.45, 2.75) is 11.4 Å². The molecule has 0 aliphatic rings. The third-order valence-electron chi connectivity index (χ3n) is 2.07. The number of carbonyl (C=O) groups excluding carboxylic acids is 1. The van der Waals surface area contributed by atoms with Crippen LogP contribution in [0.5, 0.6) is 0 Å². The normalized spacial score (nSPS) is 9.80. The highest BCUT2D eigenvalue weighted by Gasteiger charge is 2.07. The molecule has 0 heterocycles. The van der Waals surface area contributed by atoms with Gasteiger partial charge < -0.3 is 9.64 Å². The zero-order valence-electron chi connectivity index (χ0n) is 9.19. The first-order chi connectivity index (χ1) is 7.17. The second-order valence-electron chi connectivity index (χ2n) is 3.17. The van der Waals surface area contributed by atoms with Crippen LogP contribution in [0.25, 0.3) is 0 Å². The molecule has 0 saturated carbocycles. The topological polar surface area (TPSA) is 29.5 Å². The van der Waals surface area contributed by atoms with Crippen molar-refractivity contribution in [3.05, 3.63) is 29.8 Å². The van der Waals surface area contributed by atoms with Crippen LogP contribution in [0.1, 0.15) is 5.56 Å². The van der Waals surface area contributed by atoms with Gasteiger partial charge in [-0.05, 0) is 24.0 Å². The van der Waals surface area contributed by atoms with E-state index in [0.29, 0.717) is 6.54 Å². The van der Waals surface area contributed by atoms with E-state index >= 15 is 0 Å². The van der Waals surface area contributed by atoms with Crippen LogP contribution in [0, 0.1) is 0 Å². The average Bonchev–Trinajstić information content (AvgIpc) is 2.29. The number of benzene rings is 1. The third-order valence-corrected chi connectivity index (χ3v) is 2.81. The molecule has 1 amide bonds. The molecule has 82 valence electrons. The Morgan fingerprint density at radius 1 is 1.40 bits per heavy atom. The average molecular weight is 225 g/mol. The number of amides is 1. The lowest BCUT2D eigenvalue weighted by atomic mass is 10.2. The van der Waals surface area contributed by atoms with Crippen molar-refractivity contribution >= 4 is 17.9 Å². The summed E-state index contributed by atoms with van der Waals surface area (Å²) in [7, 11) is 3.10. The Kier molecular flexibility index (Phi) is 4.49. The van der Waals surface area contributed by atoms with Crippen molar-refractivity contribution in [2.75, 3.05) is 20.4 Å². The fraction of sp³-hybridized carbons (Fsp3) is 0.364.